The van der Waals surface area contributed by atoms with Crippen molar-refractivity contribution in [1.82, 2.24) is 10.6 Å². The molecule has 0 radical (unpaired) electrons. The molecule has 4 heteroatoms. The van der Waals surface area contributed by atoms with E-state index >= 15 is 0 Å². The first kappa shape index (κ1) is 13.9. The van der Waals surface area contributed by atoms with Crippen LogP contribution in [0.3, 0.4) is 0 Å². The van der Waals surface area contributed by atoms with Crippen molar-refractivity contribution in [3.63, 3.8) is 0 Å². The zero-order valence-corrected chi connectivity index (χ0v) is 10.4. The average Bonchev–Trinajstić information content (AvgIpc) is 2.30. The molecule has 0 aliphatic heterocycles. The molecule has 0 bridgehead atoms. The van der Waals surface area contributed by atoms with Crippen molar-refractivity contribution in [3.05, 3.63) is 0 Å². The molecule has 2 unspecified atom stereocenters. The van der Waals surface area contributed by atoms with E-state index in [0.29, 0.717) is 12.1 Å². The van der Waals surface area contributed by atoms with Crippen LogP contribution in [0.4, 0.5) is 0 Å². The van der Waals surface area contributed by atoms with E-state index in [1.165, 1.54) is 25.7 Å². The third-order valence-electron chi connectivity index (χ3n) is 3.30. The van der Waals surface area contributed by atoms with Crippen molar-refractivity contribution in [2.45, 2.75) is 50.6 Å². The van der Waals surface area contributed by atoms with Crippen LogP contribution in [0.2, 0.25) is 0 Å². The number of rotatable bonds is 8. The van der Waals surface area contributed by atoms with Crippen LogP contribution in [0, 0.1) is 0 Å². The van der Waals surface area contributed by atoms with Gasteiger partial charge < -0.3 is 22.1 Å². The normalized spacial score (nSPS) is 25.9. The highest BCUT2D eigenvalue weighted by molar-refractivity contribution is 4.81. The first-order valence-electron chi connectivity index (χ1n) is 6.73. The summed E-state index contributed by atoms with van der Waals surface area (Å²) in [5.41, 5.74) is 11.0. The lowest BCUT2D eigenvalue weighted by molar-refractivity contribution is 0.302. The van der Waals surface area contributed by atoms with Crippen molar-refractivity contribution in [3.8, 4) is 0 Å². The quantitative estimate of drug-likeness (QED) is 0.447. The molecular weight excluding hydrogens is 200 g/mol. The zero-order valence-electron chi connectivity index (χ0n) is 10.4. The fraction of sp³-hybridized carbons (Fsp3) is 1.00. The van der Waals surface area contributed by atoms with Gasteiger partial charge in [0.05, 0.1) is 0 Å². The molecular formula is C12H28N4. The first-order chi connectivity index (χ1) is 7.86. The van der Waals surface area contributed by atoms with Crippen molar-refractivity contribution in [2.24, 2.45) is 11.5 Å². The molecule has 0 aromatic carbocycles. The van der Waals surface area contributed by atoms with Gasteiger partial charge in [-0.2, -0.15) is 0 Å². The van der Waals surface area contributed by atoms with E-state index in [1.807, 2.05) is 0 Å². The summed E-state index contributed by atoms with van der Waals surface area (Å²) in [5, 5.41) is 7.20. The Morgan fingerprint density at radius 2 is 1.38 bits per heavy atom. The predicted molar refractivity (Wildman–Crippen MR) is 69.4 cm³/mol. The molecule has 0 aromatic rings. The van der Waals surface area contributed by atoms with Crippen LogP contribution in [-0.2, 0) is 0 Å². The molecule has 1 aliphatic carbocycles. The topological polar surface area (TPSA) is 76.1 Å². The van der Waals surface area contributed by atoms with Gasteiger partial charge in [-0.3, -0.25) is 0 Å². The maximum atomic E-state index is 5.49. The van der Waals surface area contributed by atoms with E-state index in [9.17, 15) is 0 Å². The Hall–Kier alpha value is -0.160. The van der Waals surface area contributed by atoms with Gasteiger partial charge >= 0.3 is 0 Å². The number of hydrogen-bond acceptors (Lipinski definition) is 4. The van der Waals surface area contributed by atoms with E-state index in [4.69, 9.17) is 11.5 Å². The van der Waals surface area contributed by atoms with Gasteiger partial charge in [0.1, 0.15) is 0 Å². The molecule has 0 heterocycles. The minimum atomic E-state index is 0.690. The summed E-state index contributed by atoms with van der Waals surface area (Å²) in [5.74, 6) is 0. The Labute approximate surface area is 99.5 Å². The van der Waals surface area contributed by atoms with Crippen molar-refractivity contribution in [2.75, 3.05) is 26.2 Å². The van der Waals surface area contributed by atoms with Gasteiger partial charge in [0, 0.05) is 12.1 Å². The monoisotopic (exact) mass is 228 g/mol. The lowest BCUT2D eigenvalue weighted by atomic mass is 9.91. The molecule has 96 valence electrons. The number of nitrogens with one attached hydrogen (secondary N) is 2. The largest absolute Gasteiger partial charge is 0.330 e. The van der Waals surface area contributed by atoms with Crippen molar-refractivity contribution >= 4 is 0 Å². The van der Waals surface area contributed by atoms with E-state index < -0.39 is 0 Å². The molecule has 1 aliphatic rings. The number of hydrogen-bond donors (Lipinski definition) is 4. The Morgan fingerprint density at radius 1 is 0.875 bits per heavy atom. The van der Waals surface area contributed by atoms with Crippen molar-refractivity contribution < 1.29 is 0 Å². The molecule has 0 amide bonds. The molecule has 0 spiro atoms. The van der Waals surface area contributed by atoms with Gasteiger partial charge in [0.15, 0.2) is 0 Å². The molecule has 0 saturated heterocycles. The van der Waals surface area contributed by atoms with Crippen molar-refractivity contribution in [1.29, 1.82) is 0 Å². The van der Waals surface area contributed by atoms with Crippen LogP contribution in [-0.4, -0.2) is 38.3 Å². The van der Waals surface area contributed by atoms with E-state index in [0.717, 1.165) is 39.0 Å². The molecule has 16 heavy (non-hydrogen) atoms. The summed E-state index contributed by atoms with van der Waals surface area (Å²) < 4.78 is 0. The third kappa shape index (κ3) is 5.80. The van der Waals surface area contributed by atoms with Gasteiger partial charge in [-0.25, -0.2) is 0 Å². The minimum absolute atomic E-state index is 0.690. The van der Waals surface area contributed by atoms with Gasteiger partial charge in [-0.05, 0) is 58.3 Å². The van der Waals surface area contributed by atoms with E-state index in [2.05, 4.69) is 10.6 Å². The molecule has 4 nitrogen and oxygen atoms in total. The summed E-state index contributed by atoms with van der Waals surface area (Å²) in [6.45, 7) is 3.71. The lowest BCUT2D eigenvalue weighted by Gasteiger charge is -2.30. The Balaban J connectivity index is 2.09. The van der Waals surface area contributed by atoms with Gasteiger partial charge in [0.25, 0.3) is 0 Å². The minimum Gasteiger partial charge on any atom is -0.330 e. The van der Waals surface area contributed by atoms with Gasteiger partial charge in [0.2, 0.25) is 0 Å². The Bertz CT molecular complexity index is 147. The highest BCUT2D eigenvalue weighted by Crippen LogP contribution is 2.18. The summed E-state index contributed by atoms with van der Waals surface area (Å²) in [6.07, 6.45) is 7.40. The molecule has 2 atom stereocenters. The van der Waals surface area contributed by atoms with Crippen LogP contribution in [0.15, 0.2) is 0 Å². The van der Waals surface area contributed by atoms with Gasteiger partial charge in [-0.1, -0.05) is 6.42 Å². The van der Waals surface area contributed by atoms with Gasteiger partial charge in [-0.15, -0.1) is 0 Å². The van der Waals surface area contributed by atoms with E-state index in [1.54, 1.807) is 0 Å². The van der Waals surface area contributed by atoms with E-state index in [-0.39, 0.29) is 0 Å². The van der Waals surface area contributed by atoms with Crippen LogP contribution in [0.1, 0.15) is 38.5 Å². The van der Waals surface area contributed by atoms with Crippen LogP contribution in [0.25, 0.3) is 0 Å². The Morgan fingerprint density at radius 3 is 1.81 bits per heavy atom. The molecule has 1 rings (SSSR count). The first-order valence-corrected chi connectivity index (χ1v) is 6.73. The molecule has 1 fully saturated rings. The summed E-state index contributed by atoms with van der Waals surface area (Å²) in [6, 6.07) is 1.38. The summed E-state index contributed by atoms with van der Waals surface area (Å²) in [7, 11) is 0. The predicted octanol–water partition coefficient (Wildman–Crippen LogP) is 0.174. The highest BCUT2D eigenvalue weighted by atomic mass is 15.0. The highest BCUT2D eigenvalue weighted by Gasteiger charge is 2.20. The SMILES string of the molecule is NCCCNC1CCCC(NCCCN)C1. The standard InChI is InChI=1S/C12H28N4/c13-6-2-8-15-11-4-1-5-12(10-11)16-9-3-7-14/h11-12,15-16H,1-10,13-14H2. The van der Waals surface area contributed by atoms with Crippen LogP contribution < -0.4 is 22.1 Å². The smallest absolute Gasteiger partial charge is 0.00818 e. The third-order valence-corrected chi connectivity index (χ3v) is 3.30. The van der Waals surface area contributed by atoms with Crippen LogP contribution in [0.5, 0.6) is 0 Å². The second kappa shape index (κ2) is 8.93. The number of nitrogens with two attached hydrogens (primary N) is 2. The summed E-state index contributed by atoms with van der Waals surface area (Å²) in [4.78, 5) is 0. The second-order valence-electron chi connectivity index (χ2n) is 4.75. The molecule has 0 aromatic heterocycles. The maximum absolute atomic E-state index is 5.49. The zero-order chi connectivity index (χ0) is 11.6. The van der Waals surface area contributed by atoms with Crippen LogP contribution >= 0.6 is 0 Å². The second-order valence-corrected chi connectivity index (χ2v) is 4.75. The molecule has 6 N–H and O–H groups in total. The Kier molecular flexibility index (Phi) is 7.76. The lowest BCUT2D eigenvalue weighted by Crippen LogP contribution is -2.43. The summed E-state index contributed by atoms with van der Waals surface area (Å²) >= 11 is 0. The maximum Gasteiger partial charge on any atom is 0.00818 e. The fourth-order valence-corrected chi connectivity index (χ4v) is 2.38. The molecule has 1 saturated carbocycles. The average molecular weight is 228 g/mol. The fourth-order valence-electron chi connectivity index (χ4n) is 2.38.